The lowest BCUT2D eigenvalue weighted by molar-refractivity contribution is -0.117. The van der Waals surface area contributed by atoms with Gasteiger partial charge in [-0.15, -0.1) is 0 Å². The number of amides is 2. The van der Waals surface area contributed by atoms with Gasteiger partial charge in [-0.05, 0) is 35.2 Å². The van der Waals surface area contributed by atoms with E-state index in [1.807, 2.05) is 24.3 Å². The smallest absolute Gasteiger partial charge is 0.264 e. The molecule has 0 aliphatic carbocycles. The van der Waals surface area contributed by atoms with E-state index in [2.05, 4.69) is 36.4 Å². The van der Waals surface area contributed by atoms with Crippen LogP contribution in [-0.4, -0.2) is 17.6 Å². The molecule has 2 N–H and O–H groups in total. The minimum atomic E-state index is -0.571. The normalized spacial score (nSPS) is 14.0. The summed E-state index contributed by atoms with van der Waals surface area (Å²) in [5.41, 5.74) is 2.91. The molecular formula is C27H24N4O3. The van der Waals surface area contributed by atoms with Crippen LogP contribution in [0, 0.1) is 11.3 Å². The lowest BCUT2D eigenvalue weighted by Gasteiger charge is -2.19. The van der Waals surface area contributed by atoms with Gasteiger partial charge >= 0.3 is 0 Å². The van der Waals surface area contributed by atoms with Gasteiger partial charge in [0, 0.05) is 16.7 Å². The Kier molecular flexibility index (Phi) is 6.15. The first-order valence-electron chi connectivity index (χ1n) is 10.8. The van der Waals surface area contributed by atoms with Crippen LogP contribution in [0.2, 0.25) is 0 Å². The lowest BCUT2D eigenvalue weighted by Crippen LogP contribution is -2.30. The van der Waals surface area contributed by atoms with E-state index in [9.17, 15) is 14.9 Å². The molecular weight excluding hydrogens is 428 g/mol. The van der Waals surface area contributed by atoms with Crippen LogP contribution in [-0.2, 0) is 16.8 Å². The van der Waals surface area contributed by atoms with Crippen molar-refractivity contribution in [1.82, 2.24) is 10.6 Å². The molecule has 0 atom stereocenters. The monoisotopic (exact) mass is 452 g/mol. The molecule has 1 aliphatic heterocycles. The quantitative estimate of drug-likeness (QED) is 0.454. The molecule has 0 saturated heterocycles. The zero-order valence-corrected chi connectivity index (χ0v) is 19.2. The fourth-order valence-corrected chi connectivity index (χ4v) is 3.60. The van der Waals surface area contributed by atoms with Gasteiger partial charge in [-0.3, -0.25) is 9.59 Å². The number of nitrogens with zero attached hydrogens (tertiary/aromatic N) is 2. The molecule has 3 aromatic rings. The van der Waals surface area contributed by atoms with Crippen LogP contribution in [0.4, 0.5) is 0 Å². The summed E-state index contributed by atoms with van der Waals surface area (Å²) < 4.78 is 5.22. The number of rotatable bonds is 4. The lowest BCUT2D eigenvalue weighted by atomic mass is 9.87. The highest BCUT2D eigenvalue weighted by molar-refractivity contribution is 6.20. The van der Waals surface area contributed by atoms with Crippen LogP contribution in [0.3, 0.4) is 0 Å². The fraction of sp³-hybridized carbons (Fsp3) is 0.185. The van der Waals surface area contributed by atoms with E-state index >= 15 is 0 Å². The van der Waals surface area contributed by atoms with Gasteiger partial charge in [0.2, 0.25) is 0 Å². The van der Waals surface area contributed by atoms with E-state index in [1.165, 1.54) is 6.26 Å². The van der Waals surface area contributed by atoms with Gasteiger partial charge in [0.05, 0.1) is 18.5 Å². The highest BCUT2D eigenvalue weighted by Crippen LogP contribution is 2.31. The zero-order chi connectivity index (χ0) is 24.3. The van der Waals surface area contributed by atoms with Crippen molar-refractivity contribution in [1.29, 1.82) is 5.26 Å². The Balaban J connectivity index is 1.61. The maximum atomic E-state index is 12.9. The van der Waals surface area contributed by atoms with Gasteiger partial charge in [0.15, 0.2) is 0 Å². The molecule has 170 valence electrons. The second-order valence-electron chi connectivity index (χ2n) is 8.88. The predicted molar refractivity (Wildman–Crippen MR) is 129 cm³/mol. The fourth-order valence-electron chi connectivity index (χ4n) is 3.60. The van der Waals surface area contributed by atoms with Gasteiger partial charge in [-0.1, -0.05) is 57.2 Å². The minimum absolute atomic E-state index is 0.0195. The van der Waals surface area contributed by atoms with Crippen molar-refractivity contribution < 1.29 is 14.0 Å². The van der Waals surface area contributed by atoms with Crippen LogP contribution in [0.25, 0.3) is 5.70 Å². The predicted octanol–water partition coefficient (Wildman–Crippen LogP) is 4.32. The average Bonchev–Trinajstić information content (AvgIpc) is 3.47. The molecule has 0 unspecified atom stereocenters. The molecule has 4 rings (SSSR count). The molecule has 7 heteroatoms. The number of hydrogen-bond donors (Lipinski definition) is 2. The zero-order valence-electron chi connectivity index (χ0n) is 19.2. The molecule has 0 radical (unpaired) electrons. The van der Waals surface area contributed by atoms with Gasteiger partial charge in [0.1, 0.15) is 23.2 Å². The van der Waals surface area contributed by atoms with Crippen molar-refractivity contribution in [2.45, 2.75) is 32.7 Å². The van der Waals surface area contributed by atoms with Crippen molar-refractivity contribution in [3.05, 3.63) is 101 Å². The summed E-state index contributed by atoms with van der Waals surface area (Å²) in [4.78, 5) is 30.1. The van der Waals surface area contributed by atoms with E-state index in [0.717, 1.165) is 5.56 Å². The van der Waals surface area contributed by atoms with Gasteiger partial charge in [0.25, 0.3) is 11.8 Å². The SMILES string of the molecule is CC(C)(C)c1ccc(C(=O)NC2=N/C(=C(\C#N)C(=O)NCc3ccco3)c3ccccc32)cc1. The molecule has 0 fully saturated rings. The van der Waals surface area contributed by atoms with E-state index in [-0.39, 0.29) is 29.1 Å². The molecule has 2 aromatic carbocycles. The first-order chi connectivity index (χ1) is 16.3. The second-order valence-corrected chi connectivity index (χ2v) is 8.88. The van der Waals surface area contributed by atoms with Crippen molar-refractivity contribution >= 4 is 23.3 Å². The maximum Gasteiger partial charge on any atom is 0.264 e. The largest absolute Gasteiger partial charge is 0.467 e. The van der Waals surface area contributed by atoms with Crippen molar-refractivity contribution in [3.8, 4) is 6.07 Å². The maximum absolute atomic E-state index is 12.9. The minimum Gasteiger partial charge on any atom is -0.467 e. The summed E-state index contributed by atoms with van der Waals surface area (Å²) in [6.45, 7) is 6.47. The molecule has 7 nitrogen and oxygen atoms in total. The second kappa shape index (κ2) is 9.20. The number of benzene rings is 2. The molecule has 2 amide bonds. The Morgan fingerprint density at radius 2 is 1.71 bits per heavy atom. The van der Waals surface area contributed by atoms with Crippen LogP contribution >= 0.6 is 0 Å². The number of amidine groups is 1. The Hall–Kier alpha value is -4.44. The van der Waals surface area contributed by atoms with Gasteiger partial charge < -0.3 is 15.1 Å². The third-order valence-electron chi connectivity index (χ3n) is 5.48. The summed E-state index contributed by atoms with van der Waals surface area (Å²) in [6.07, 6.45) is 1.51. The number of aliphatic imine (C=N–C) groups is 1. The molecule has 0 spiro atoms. The number of carbonyl (C=O) groups is 2. The number of hydrogen-bond acceptors (Lipinski definition) is 5. The van der Waals surface area contributed by atoms with E-state index in [0.29, 0.717) is 28.3 Å². The summed E-state index contributed by atoms with van der Waals surface area (Å²) in [5.74, 6) is -0.0349. The van der Waals surface area contributed by atoms with Crippen LogP contribution in [0.1, 0.15) is 53.6 Å². The third-order valence-corrected chi connectivity index (χ3v) is 5.48. The van der Waals surface area contributed by atoms with Crippen molar-refractivity contribution in [2.24, 2.45) is 4.99 Å². The van der Waals surface area contributed by atoms with Crippen LogP contribution in [0.5, 0.6) is 0 Å². The third kappa shape index (κ3) is 4.66. The van der Waals surface area contributed by atoms with E-state index < -0.39 is 5.91 Å². The Labute approximate surface area is 197 Å². The number of furan rings is 1. The Bertz CT molecular complexity index is 1340. The van der Waals surface area contributed by atoms with Gasteiger partial charge in [-0.25, -0.2) is 4.99 Å². The standard InChI is InChI=1S/C27H24N4O3/c1-27(2,3)18-12-10-17(11-13-18)25(32)31-24-21-9-5-4-8-20(21)23(30-24)22(15-28)26(33)29-16-19-7-6-14-34-19/h4-14H,16H2,1-3H3,(H,29,33)(H,30,31,32)/b23-22+. The van der Waals surface area contributed by atoms with Crippen LogP contribution in [0.15, 0.2) is 81.9 Å². The first-order valence-corrected chi connectivity index (χ1v) is 10.8. The molecule has 1 aromatic heterocycles. The Morgan fingerprint density at radius 1 is 1.00 bits per heavy atom. The average molecular weight is 453 g/mol. The Morgan fingerprint density at radius 3 is 2.32 bits per heavy atom. The van der Waals surface area contributed by atoms with Crippen LogP contribution < -0.4 is 10.6 Å². The van der Waals surface area contributed by atoms with E-state index in [4.69, 9.17) is 4.42 Å². The molecule has 34 heavy (non-hydrogen) atoms. The van der Waals surface area contributed by atoms with Crippen molar-refractivity contribution in [3.63, 3.8) is 0 Å². The van der Waals surface area contributed by atoms with Crippen molar-refractivity contribution in [2.75, 3.05) is 0 Å². The summed E-state index contributed by atoms with van der Waals surface area (Å²) >= 11 is 0. The van der Waals surface area contributed by atoms with Gasteiger partial charge in [-0.2, -0.15) is 5.26 Å². The molecule has 0 saturated carbocycles. The molecule has 1 aliphatic rings. The number of nitriles is 1. The topological polar surface area (TPSA) is 107 Å². The number of carbonyl (C=O) groups excluding carboxylic acids is 2. The summed E-state index contributed by atoms with van der Waals surface area (Å²) in [7, 11) is 0. The highest BCUT2D eigenvalue weighted by Gasteiger charge is 2.27. The molecule has 0 bridgehead atoms. The highest BCUT2D eigenvalue weighted by atomic mass is 16.3. The summed E-state index contributed by atoms with van der Waals surface area (Å²) in [5, 5.41) is 15.2. The molecule has 2 heterocycles. The summed E-state index contributed by atoms with van der Waals surface area (Å²) in [6, 6.07) is 20.0. The number of fused-ring (bicyclic) bond motifs is 1. The first kappa shape index (κ1) is 22.7. The number of nitrogens with one attached hydrogen (secondary N) is 2. The van der Waals surface area contributed by atoms with E-state index in [1.54, 1.807) is 42.5 Å².